The number of rotatable bonds is 6. The highest BCUT2D eigenvalue weighted by Crippen LogP contribution is 2.45. The van der Waals surface area contributed by atoms with Crippen LogP contribution in [-0.4, -0.2) is 38.7 Å². The molecule has 7 heteroatoms. The van der Waals surface area contributed by atoms with Crippen LogP contribution in [0.3, 0.4) is 0 Å². The lowest BCUT2D eigenvalue weighted by Crippen LogP contribution is -2.32. The van der Waals surface area contributed by atoms with Crippen molar-refractivity contribution in [3.05, 3.63) is 81.6 Å². The van der Waals surface area contributed by atoms with Gasteiger partial charge in [0.15, 0.2) is 17.3 Å². The molecule has 0 aliphatic carbocycles. The molecular weight excluding hydrogens is 458 g/mol. The number of aryl methyl sites for hydroxylation is 1. The van der Waals surface area contributed by atoms with E-state index in [4.69, 9.17) is 23.7 Å². The van der Waals surface area contributed by atoms with E-state index in [-0.39, 0.29) is 11.5 Å². The van der Waals surface area contributed by atoms with E-state index in [0.29, 0.717) is 47.4 Å². The molecule has 0 amide bonds. The Labute approximate surface area is 210 Å². The normalized spacial score (nSPS) is 15.7. The lowest BCUT2D eigenvalue weighted by atomic mass is 9.99. The van der Waals surface area contributed by atoms with Crippen molar-refractivity contribution in [1.29, 1.82) is 0 Å². The molecule has 0 spiro atoms. The van der Waals surface area contributed by atoms with Gasteiger partial charge in [-0.15, -0.1) is 0 Å². The van der Waals surface area contributed by atoms with Gasteiger partial charge in [0, 0.05) is 29.8 Å². The second-order valence-corrected chi connectivity index (χ2v) is 8.98. The van der Waals surface area contributed by atoms with E-state index in [9.17, 15) is 4.79 Å². The summed E-state index contributed by atoms with van der Waals surface area (Å²) in [4.78, 5) is 15.6. The van der Waals surface area contributed by atoms with Crippen LogP contribution in [0.5, 0.6) is 28.7 Å². The van der Waals surface area contributed by atoms with Gasteiger partial charge in [0.25, 0.3) is 0 Å². The average Bonchev–Trinajstić information content (AvgIpc) is 3.20. The summed E-state index contributed by atoms with van der Waals surface area (Å²) in [5.74, 6) is 2.81. The van der Waals surface area contributed by atoms with Crippen LogP contribution in [-0.2, 0) is 13.1 Å². The zero-order valence-electron chi connectivity index (χ0n) is 21.1. The molecule has 3 aromatic rings. The highest BCUT2D eigenvalue weighted by atomic mass is 16.5. The standard InChI is InChI=1S/C29H29NO6/c1-17-6-8-19(9-7-17)14-30-15-21-12-22-25(31)24(36-27(22)18(2)26(21)35-16-30)13-20-10-11-23(32-3)29(34-5)28(20)33-4/h6-13H,14-16H2,1-5H3/b24-13-. The molecular formula is C29H29NO6. The fourth-order valence-electron chi connectivity index (χ4n) is 4.73. The van der Waals surface area contributed by atoms with Gasteiger partial charge in [0.1, 0.15) is 18.2 Å². The molecule has 3 aromatic carbocycles. The molecule has 0 fully saturated rings. The lowest BCUT2D eigenvalue weighted by Gasteiger charge is -2.30. The maximum absolute atomic E-state index is 13.4. The van der Waals surface area contributed by atoms with Gasteiger partial charge < -0.3 is 23.7 Å². The van der Waals surface area contributed by atoms with E-state index in [1.807, 2.05) is 13.0 Å². The number of ether oxygens (including phenoxy) is 5. The Hall–Kier alpha value is -3.97. The van der Waals surface area contributed by atoms with Gasteiger partial charge in [0.2, 0.25) is 11.5 Å². The monoisotopic (exact) mass is 487 g/mol. The molecule has 0 atom stereocenters. The SMILES string of the molecule is COc1ccc(/C=C2\Oc3c(cc4c(c3C)OCN(Cc3ccc(C)cc3)C4)C2=O)c(OC)c1OC. The Balaban J connectivity index is 1.44. The van der Waals surface area contributed by atoms with Crippen LogP contribution in [0.25, 0.3) is 6.08 Å². The number of methoxy groups -OCH3 is 3. The zero-order chi connectivity index (χ0) is 25.4. The second-order valence-electron chi connectivity index (χ2n) is 8.98. The van der Waals surface area contributed by atoms with Crippen molar-refractivity contribution in [2.75, 3.05) is 28.1 Å². The molecule has 0 aromatic heterocycles. The highest BCUT2D eigenvalue weighted by molar-refractivity contribution is 6.15. The van der Waals surface area contributed by atoms with E-state index in [2.05, 4.69) is 36.1 Å². The molecule has 186 valence electrons. The Morgan fingerprint density at radius 2 is 1.69 bits per heavy atom. The van der Waals surface area contributed by atoms with Crippen molar-refractivity contribution in [1.82, 2.24) is 4.90 Å². The predicted molar refractivity (Wildman–Crippen MR) is 136 cm³/mol. The van der Waals surface area contributed by atoms with Gasteiger partial charge >= 0.3 is 0 Å². The van der Waals surface area contributed by atoms with Crippen LogP contribution in [0.1, 0.15) is 38.2 Å². The summed E-state index contributed by atoms with van der Waals surface area (Å²) in [6, 6.07) is 14.0. The number of nitrogens with zero attached hydrogens (tertiary/aromatic N) is 1. The first-order chi connectivity index (χ1) is 17.4. The number of fused-ring (bicyclic) bond motifs is 2. The van der Waals surface area contributed by atoms with Crippen molar-refractivity contribution in [2.24, 2.45) is 0 Å². The molecule has 2 heterocycles. The highest BCUT2D eigenvalue weighted by Gasteiger charge is 2.34. The summed E-state index contributed by atoms with van der Waals surface area (Å²) in [6.07, 6.45) is 1.67. The molecule has 0 bridgehead atoms. The van der Waals surface area contributed by atoms with Gasteiger partial charge in [-0.05, 0) is 43.7 Å². The fourth-order valence-corrected chi connectivity index (χ4v) is 4.73. The first-order valence-corrected chi connectivity index (χ1v) is 11.7. The number of Topliss-reactive ketones (excluding diaryl/α,β-unsaturated/α-hetero) is 1. The lowest BCUT2D eigenvalue weighted by molar-refractivity contribution is 0.0876. The number of ketones is 1. The first kappa shape index (κ1) is 23.8. The van der Waals surface area contributed by atoms with E-state index in [0.717, 1.165) is 23.4 Å². The largest absolute Gasteiger partial charge is 0.493 e. The first-order valence-electron chi connectivity index (χ1n) is 11.7. The van der Waals surface area contributed by atoms with Gasteiger partial charge in [-0.3, -0.25) is 9.69 Å². The molecule has 0 N–H and O–H groups in total. The Morgan fingerprint density at radius 1 is 0.944 bits per heavy atom. The van der Waals surface area contributed by atoms with Gasteiger partial charge in [-0.1, -0.05) is 29.8 Å². The summed E-state index contributed by atoms with van der Waals surface area (Å²) < 4.78 is 28.6. The van der Waals surface area contributed by atoms with Crippen LogP contribution >= 0.6 is 0 Å². The van der Waals surface area contributed by atoms with Crippen molar-refractivity contribution in [3.8, 4) is 28.7 Å². The maximum atomic E-state index is 13.4. The third-order valence-electron chi connectivity index (χ3n) is 6.55. The van der Waals surface area contributed by atoms with Crippen molar-refractivity contribution >= 4 is 11.9 Å². The van der Waals surface area contributed by atoms with Crippen LogP contribution in [0.15, 0.2) is 48.2 Å². The summed E-state index contributed by atoms with van der Waals surface area (Å²) in [5, 5.41) is 0. The van der Waals surface area contributed by atoms with Crippen molar-refractivity contribution in [2.45, 2.75) is 26.9 Å². The Kier molecular flexibility index (Phi) is 6.33. The van der Waals surface area contributed by atoms with Crippen molar-refractivity contribution < 1.29 is 28.5 Å². The third-order valence-corrected chi connectivity index (χ3v) is 6.55. The molecule has 2 aliphatic heterocycles. The molecule has 0 saturated carbocycles. The molecule has 7 nitrogen and oxygen atoms in total. The number of carbonyl (C=O) groups is 1. The minimum atomic E-state index is -0.177. The van der Waals surface area contributed by atoms with Gasteiger partial charge in [-0.2, -0.15) is 0 Å². The smallest absolute Gasteiger partial charge is 0.231 e. The summed E-state index contributed by atoms with van der Waals surface area (Å²) in [7, 11) is 4.65. The fraction of sp³-hybridized carbons (Fsp3) is 0.276. The summed E-state index contributed by atoms with van der Waals surface area (Å²) >= 11 is 0. The topological polar surface area (TPSA) is 66.5 Å². The van der Waals surface area contributed by atoms with E-state index in [1.165, 1.54) is 11.1 Å². The molecule has 0 radical (unpaired) electrons. The van der Waals surface area contributed by atoms with Gasteiger partial charge in [-0.25, -0.2) is 0 Å². The van der Waals surface area contributed by atoms with Crippen molar-refractivity contribution in [3.63, 3.8) is 0 Å². The van der Waals surface area contributed by atoms with Crippen LogP contribution in [0.4, 0.5) is 0 Å². The molecule has 0 saturated heterocycles. The van der Waals surface area contributed by atoms with Crippen LogP contribution < -0.4 is 23.7 Å². The predicted octanol–water partition coefficient (Wildman–Crippen LogP) is 5.30. The molecule has 2 aliphatic rings. The minimum Gasteiger partial charge on any atom is -0.493 e. The number of hydrogen-bond acceptors (Lipinski definition) is 7. The number of allylic oxidation sites excluding steroid dienone is 1. The summed E-state index contributed by atoms with van der Waals surface area (Å²) in [6.45, 7) is 5.94. The Morgan fingerprint density at radius 3 is 2.39 bits per heavy atom. The molecule has 5 rings (SSSR count). The van der Waals surface area contributed by atoms with Crippen LogP contribution in [0, 0.1) is 13.8 Å². The quantitative estimate of drug-likeness (QED) is 0.437. The minimum absolute atomic E-state index is 0.177. The zero-order valence-corrected chi connectivity index (χ0v) is 21.1. The van der Waals surface area contributed by atoms with Gasteiger partial charge in [0.05, 0.1) is 26.9 Å². The number of carbonyl (C=O) groups excluding carboxylic acids is 1. The number of hydrogen-bond donors (Lipinski definition) is 0. The molecule has 36 heavy (non-hydrogen) atoms. The van der Waals surface area contributed by atoms with Crippen LogP contribution in [0.2, 0.25) is 0 Å². The summed E-state index contributed by atoms with van der Waals surface area (Å²) in [5.41, 5.74) is 5.45. The van der Waals surface area contributed by atoms with E-state index in [1.54, 1.807) is 39.5 Å². The average molecular weight is 488 g/mol. The number of benzene rings is 3. The van der Waals surface area contributed by atoms with E-state index < -0.39 is 0 Å². The molecule has 0 unspecified atom stereocenters. The maximum Gasteiger partial charge on any atom is 0.231 e. The Bertz CT molecular complexity index is 1360. The second kappa shape index (κ2) is 9.59. The third kappa shape index (κ3) is 4.16. The van der Waals surface area contributed by atoms with E-state index >= 15 is 0 Å².